The monoisotopic (exact) mass is 472 g/mol. The van der Waals surface area contributed by atoms with Gasteiger partial charge in [-0.05, 0) is 81.5 Å². The number of aromatic nitrogens is 2. The van der Waals surface area contributed by atoms with Gasteiger partial charge in [-0.2, -0.15) is 5.11 Å². The summed E-state index contributed by atoms with van der Waals surface area (Å²) in [6.07, 6.45) is 0. The molecule has 0 spiro atoms. The van der Waals surface area contributed by atoms with Gasteiger partial charge in [-0.25, -0.2) is 0 Å². The van der Waals surface area contributed by atoms with Crippen LogP contribution in [0.5, 0.6) is 11.6 Å². The Balaban J connectivity index is 1.94. The highest BCUT2D eigenvalue weighted by Crippen LogP contribution is 2.29. The lowest BCUT2D eigenvalue weighted by atomic mass is 10.2. The molecule has 0 saturated heterocycles. The van der Waals surface area contributed by atoms with Crippen LogP contribution < -0.4 is 10.3 Å². The fourth-order valence-electron chi connectivity index (χ4n) is 3.40. The molecule has 4 aromatic rings. The maximum Gasteiger partial charge on any atom is 0.290 e. The van der Waals surface area contributed by atoms with Crippen LogP contribution in [-0.4, -0.2) is 20.8 Å². The van der Waals surface area contributed by atoms with E-state index in [2.05, 4.69) is 10.2 Å². The highest BCUT2D eigenvalue weighted by Gasteiger charge is 2.19. The van der Waals surface area contributed by atoms with Gasteiger partial charge >= 0.3 is 0 Å². The molecule has 7 nitrogen and oxygen atoms in total. The first-order chi connectivity index (χ1) is 16.4. The third-order valence-electron chi connectivity index (χ3n) is 5.21. The van der Waals surface area contributed by atoms with Crippen molar-refractivity contribution in [2.24, 2.45) is 10.2 Å². The first kappa shape index (κ1) is 23.1. The lowest BCUT2D eigenvalue weighted by Gasteiger charge is -2.16. The van der Waals surface area contributed by atoms with Crippen molar-refractivity contribution in [1.29, 1.82) is 0 Å². The second-order valence-electron chi connectivity index (χ2n) is 7.73. The summed E-state index contributed by atoms with van der Waals surface area (Å²) in [6, 6.07) is 21.8. The van der Waals surface area contributed by atoms with Gasteiger partial charge in [-0.15, -0.1) is 5.11 Å². The lowest BCUT2D eigenvalue weighted by molar-refractivity contribution is 0.340. The summed E-state index contributed by atoms with van der Waals surface area (Å²) < 4.78 is 8.35. The maximum absolute atomic E-state index is 13.5. The molecule has 34 heavy (non-hydrogen) atoms. The molecule has 0 radical (unpaired) electrons. The van der Waals surface area contributed by atoms with Crippen LogP contribution in [0.1, 0.15) is 18.1 Å². The Morgan fingerprint density at radius 1 is 0.824 bits per heavy atom. The van der Waals surface area contributed by atoms with Crippen LogP contribution in [0.4, 0.5) is 11.4 Å². The summed E-state index contributed by atoms with van der Waals surface area (Å²) in [7, 11) is 0. The molecule has 0 fully saturated rings. The summed E-state index contributed by atoms with van der Waals surface area (Å²) >= 11 is 5.66. The molecule has 4 rings (SSSR count). The maximum atomic E-state index is 13.5. The molecule has 8 heteroatoms. The van der Waals surface area contributed by atoms with E-state index in [1.54, 1.807) is 36.4 Å². The smallest absolute Gasteiger partial charge is 0.290 e. The first-order valence-corrected chi connectivity index (χ1v) is 11.2. The van der Waals surface area contributed by atoms with Crippen LogP contribution in [-0.2, 0) is 0 Å². The van der Waals surface area contributed by atoms with Gasteiger partial charge in [-0.1, -0.05) is 35.4 Å². The number of ether oxygens (including phenoxy) is 1. The third-order valence-corrected chi connectivity index (χ3v) is 5.57. The van der Waals surface area contributed by atoms with E-state index in [9.17, 15) is 9.90 Å². The number of aryl methyl sites for hydroxylation is 2. The predicted molar refractivity (Wildman–Crippen MR) is 135 cm³/mol. The second kappa shape index (κ2) is 9.84. The summed E-state index contributed by atoms with van der Waals surface area (Å²) in [5.41, 5.74) is 3.00. The Kier molecular flexibility index (Phi) is 6.70. The molecule has 0 aliphatic heterocycles. The van der Waals surface area contributed by atoms with Crippen LogP contribution in [0.15, 0.2) is 87.8 Å². The Bertz CT molecular complexity index is 1450. The van der Waals surface area contributed by atoms with Crippen molar-refractivity contribution in [2.45, 2.75) is 20.8 Å². The van der Waals surface area contributed by atoms with Crippen LogP contribution in [0, 0.1) is 18.6 Å². The zero-order valence-corrected chi connectivity index (χ0v) is 19.9. The van der Waals surface area contributed by atoms with Crippen molar-refractivity contribution in [3.05, 3.63) is 99.0 Å². The summed E-state index contributed by atoms with van der Waals surface area (Å²) in [4.78, 5) is 13.5. The van der Waals surface area contributed by atoms with Crippen molar-refractivity contribution >= 4 is 23.6 Å². The fraction of sp³-hybridized carbons (Fsp3) is 0.154. The van der Waals surface area contributed by atoms with Crippen LogP contribution in [0.25, 0.3) is 11.4 Å². The zero-order valence-electron chi connectivity index (χ0n) is 19.1. The molecule has 0 unspecified atom stereocenters. The van der Waals surface area contributed by atoms with Crippen molar-refractivity contribution in [2.75, 3.05) is 6.61 Å². The molecular weight excluding hydrogens is 448 g/mol. The average Bonchev–Trinajstić information content (AvgIpc) is 2.82. The number of hydrogen-bond acceptors (Lipinski definition) is 6. The standard InChI is InChI=1S/C26H24N4O3S/c1-4-33-22-15-13-21(14-16-22)30-25(32)23(28-27-19-9-5-17(2)6-10-19)24(31)29(26(30)34)20-11-7-18(3)8-12-20/h5-16,31H,4H2,1-3H3. The molecule has 172 valence electrons. The molecule has 0 saturated carbocycles. The molecule has 0 aliphatic carbocycles. The minimum absolute atomic E-state index is 0.102. The SMILES string of the molecule is CCOc1ccc(-n2c(=O)c(N=Nc3ccc(C)cc3)c(O)n(-c3ccc(C)cc3)c2=S)cc1. The number of rotatable bonds is 6. The van der Waals surface area contributed by atoms with Gasteiger partial charge in [0.25, 0.3) is 5.56 Å². The number of azo groups is 1. The lowest BCUT2D eigenvalue weighted by Crippen LogP contribution is -2.23. The molecular formula is C26H24N4O3S. The minimum atomic E-state index is -0.578. The van der Waals surface area contributed by atoms with Gasteiger partial charge in [-0.3, -0.25) is 13.9 Å². The molecule has 1 heterocycles. The fourth-order valence-corrected chi connectivity index (χ4v) is 3.78. The summed E-state index contributed by atoms with van der Waals surface area (Å²) in [5.74, 6) is 0.298. The zero-order chi connectivity index (χ0) is 24.2. The first-order valence-electron chi connectivity index (χ1n) is 10.8. The molecule has 0 bridgehead atoms. The van der Waals surface area contributed by atoms with Crippen molar-refractivity contribution in [1.82, 2.24) is 9.13 Å². The van der Waals surface area contributed by atoms with Crippen LogP contribution in [0.2, 0.25) is 0 Å². The van der Waals surface area contributed by atoms with Crippen molar-refractivity contribution < 1.29 is 9.84 Å². The normalized spacial score (nSPS) is 11.1. The number of benzene rings is 3. The quantitative estimate of drug-likeness (QED) is 0.257. The van der Waals surface area contributed by atoms with Crippen LogP contribution >= 0.6 is 12.2 Å². The Morgan fingerprint density at radius 2 is 1.35 bits per heavy atom. The van der Waals surface area contributed by atoms with E-state index in [1.807, 2.05) is 57.2 Å². The summed E-state index contributed by atoms with van der Waals surface area (Å²) in [6.45, 7) is 6.36. The summed E-state index contributed by atoms with van der Waals surface area (Å²) in [5, 5.41) is 19.4. The van der Waals surface area contributed by atoms with Crippen molar-refractivity contribution in [3.63, 3.8) is 0 Å². The Labute approximate surface area is 202 Å². The van der Waals surface area contributed by atoms with Crippen molar-refractivity contribution in [3.8, 4) is 23.0 Å². The van der Waals surface area contributed by atoms with Gasteiger partial charge in [0.2, 0.25) is 11.6 Å². The van der Waals surface area contributed by atoms with Gasteiger partial charge in [0, 0.05) is 0 Å². The highest BCUT2D eigenvalue weighted by atomic mass is 32.1. The van der Waals surface area contributed by atoms with Crippen LogP contribution in [0.3, 0.4) is 0 Å². The number of aromatic hydroxyl groups is 1. The highest BCUT2D eigenvalue weighted by molar-refractivity contribution is 7.71. The molecule has 0 aliphatic rings. The van der Waals surface area contributed by atoms with Gasteiger partial charge in [0.15, 0.2) is 4.77 Å². The molecule has 0 amide bonds. The molecule has 0 atom stereocenters. The minimum Gasteiger partial charge on any atom is -0.494 e. The number of hydrogen-bond donors (Lipinski definition) is 1. The van der Waals surface area contributed by atoms with E-state index >= 15 is 0 Å². The molecule has 3 aromatic carbocycles. The predicted octanol–water partition coefficient (Wildman–Crippen LogP) is 6.49. The number of nitrogens with zero attached hydrogens (tertiary/aromatic N) is 4. The Morgan fingerprint density at radius 3 is 1.94 bits per heavy atom. The van der Waals surface area contributed by atoms with E-state index in [-0.39, 0.29) is 16.3 Å². The van der Waals surface area contributed by atoms with Gasteiger partial charge < -0.3 is 9.84 Å². The van der Waals surface area contributed by atoms with Gasteiger partial charge in [0.05, 0.1) is 23.7 Å². The molecule has 1 aromatic heterocycles. The molecule has 1 N–H and O–H groups in total. The van der Waals surface area contributed by atoms with E-state index in [0.29, 0.717) is 29.4 Å². The second-order valence-corrected chi connectivity index (χ2v) is 8.09. The van der Waals surface area contributed by atoms with Gasteiger partial charge in [0.1, 0.15) is 5.75 Å². The van der Waals surface area contributed by atoms with E-state index in [0.717, 1.165) is 11.1 Å². The van der Waals surface area contributed by atoms with E-state index in [4.69, 9.17) is 17.0 Å². The average molecular weight is 473 g/mol. The largest absolute Gasteiger partial charge is 0.494 e. The third kappa shape index (κ3) is 4.67. The topological polar surface area (TPSA) is 81.1 Å². The van der Waals surface area contributed by atoms with E-state index in [1.165, 1.54) is 9.13 Å². The van der Waals surface area contributed by atoms with E-state index < -0.39 is 5.56 Å². The Hall–Kier alpha value is -4.04.